The number of hydrazone groups is 1. The Hall–Kier alpha value is -1.78. The van der Waals surface area contributed by atoms with Crippen molar-refractivity contribution in [1.29, 1.82) is 0 Å². The Balaban J connectivity index is 1.85. The van der Waals surface area contributed by atoms with Crippen LogP contribution in [0.15, 0.2) is 53.6 Å². The number of amidine groups is 1. The van der Waals surface area contributed by atoms with Crippen molar-refractivity contribution in [2.24, 2.45) is 16.8 Å². The fourth-order valence-corrected chi connectivity index (χ4v) is 4.20. The molecule has 0 fully saturated rings. The summed E-state index contributed by atoms with van der Waals surface area (Å²) in [7, 11) is 0. The summed E-state index contributed by atoms with van der Waals surface area (Å²) < 4.78 is 2.00. The van der Waals surface area contributed by atoms with Crippen molar-refractivity contribution in [2.45, 2.75) is 18.9 Å². The molecule has 2 aromatic rings. The molecule has 2 N–H and O–H groups in total. The Bertz CT molecular complexity index is 842. The number of hydrogen-bond acceptors (Lipinski definition) is 2. The molecule has 4 rings (SSSR count). The predicted molar refractivity (Wildman–Crippen MR) is 102 cm³/mol. The van der Waals surface area contributed by atoms with Crippen molar-refractivity contribution in [3.63, 3.8) is 0 Å². The molecule has 24 heavy (non-hydrogen) atoms. The number of nitrogens with two attached hydrogens (primary N) is 1. The lowest BCUT2D eigenvalue weighted by molar-refractivity contribution is -0.571. The molecule has 122 valence electrons. The second-order valence-corrected chi connectivity index (χ2v) is 7.43. The summed E-state index contributed by atoms with van der Waals surface area (Å²) in [4.78, 5) is 0. The summed E-state index contributed by atoms with van der Waals surface area (Å²) in [6.45, 7) is 0. The minimum atomic E-state index is 0.137. The van der Waals surface area contributed by atoms with E-state index in [0.29, 0.717) is 5.92 Å². The molecule has 2 aliphatic rings. The maximum Gasteiger partial charge on any atom is 0.329 e. The molecule has 5 heteroatoms. The fourth-order valence-electron chi connectivity index (χ4n) is 3.73. The average molecular weight is 357 g/mol. The normalized spacial score (nSPS) is 24.2. The zero-order chi connectivity index (χ0) is 16.7. The maximum absolute atomic E-state index is 6.28. The molecule has 0 unspecified atom stereocenters. The highest BCUT2D eigenvalue weighted by molar-refractivity contribution is 8.12. The number of thioether (sulfide) groups is 1. The van der Waals surface area contributed by atoms with Crippen molar-refractivity contribution >= 4 is 34.2 Å². The molecule has 1 heterocycles. The van der Waals surface area contributed by atoms with Crippen LogP contribution in [-0.2, 0) is 6.42 Å². The van der Waals surface area contributed by atoms with E-state index in [4.69, 9.17) is 22.4 Å². The largest absolute Gasteiger partial charge is 0.329 e. The number of benzene rings is 2. The molecule has 1 aliphatic carbocycles. The lowest BCUT2D eigenvalue weighted by Gasteiger charge is -2.24. The molecule has 0 amide bonds. The van der Waals surface area contributed by atoms with Gasteiger partial charge in [-0.15, -0.1) is 4.68 Å². The van der Waals surface area contributed by atoms with Crippen molar-refractivity contribution in [1.82, 2.24) is 0 Å². The van der Waals surface area contributed by atoms with Gasteiger partial charge in [0.15, 0.2) is 6.04 Å². The smallest absolute Gasteiger partial charge is 0.280 e. The van der Waals surface area contributed by atoms with E-state index in [2.05, 4.69) is 36.4 Å². The maximum atomic E-state index is 6.28. The van der Waals surface area contributed by atoms with E-state index >= 15 is 0 Å². The molecule has 0 spiro atoms. The molecule has 2 atom stereocenters. The van der Waals surface area contributed by atoms with E-state index in [1.54, 1.807) is 0 Å². The highest BCUT2D eigenvalue weighted by Crippen LogP contribution is 2.41. The van der Waals surface area contributed by atoms with Gasteiger partial charge >= 0.3 is 5.17 Å². The highest BCUT2D eigenvalue weighted by Gasteiger charge is 2.44. The number of halogens is 1. The van der Waals surface area contributed by atoms with Gasteiger partial charge in [0.25, 0.3) is 0 Å². The zero-order valence-electron chi connectivity index (χ0n) is 13.4. The van der Waals surface area contributed by atoms with Crippen LogP contribution in [0.2, 0.25) is 5.02 Å². The van der Waals surface area contributed by atoms with Gasteiger partial charge in [0.05, 0.1) is 11.6 Å². The third kappa shape index (κ3) is 2.54. The van der Waals surface area contributed by atoms with E-state index < -0.39 is 0 Å². The summed E-state index contributed by atoms with van der Waals surface area (Å²) in [6.07, 6.45) is 4.16. The Morgan fingerprint density at radius 2 is 1.96 bits per heavy atom. The van der Waals surface area contributed by atoms with Gasteiger partial charge in [0.1, 0.15) is 0 Å². The molecule has 0 radical (unpaired) electrons. The first kappa shape index (κ1) is 15.7. The van der Waals surface area contributed by atoms with Gasteiger partial charge in [-0.05, 0) is 54.1 Å². The first-order valence-corrected chi connectivity index (χ1v) is 9.67. The fraction of sp³-hybridized carbons (Fsp3) is 0.263. The summed E-state index contributed by atoms with van der Waals surface area (Å²) >= 11 is 7.61. The average Bonchev–Trinajstić information content (AvgIpc) is 3.01. The second-order valence-electron chi connectivity index (χ2n) is 6.17. The van der Waals surface area contributed by atoms with Crippen LogP contribution < -0.4 is 5.73 Å². The molecular weight excluding hydrogens is 338 g/mol. The van der Waals surface area contributed by atoms with E-state index in [1.165, 1.54) is 28.5 Å². The summed E-state index contributed by atoms with van der Waals surface area (Å²) in [5, 5.41) is 6.42. The van der Waals surface area contributed by atoms with Crippen LogP contribution >= 0.6 is 23.4 Å². The van der Waals surface area contributed by atoms with E-state index in [-0.39, 0.29) is 6.04 Å². The summed E-state index contributed by atoms with van der Waals surface area (Å²) in [5.41, 5.74) is 11.3. The molecule has 0 bridgehead atoms. The number of rotatable bonds is 1. The summed E-state index contributed by atoms with van der Waals surface area (Å²) in [6, 6.07) is 16.8. The minimum Gasteiger partial charge on any atom is -0.280 e. The lowest BCUT2D eigenvalue weighted by Crippen LogP contribution is -2.29. The van der Waals surface area contributed by atoms with E-state index in [1.807, 2.05) is 23.1 Å². The van der Waals surface area contributed by atoms with Crippen molar-refractivity contribution in [3.05, 3.63) is 70.2 Å². The quantitative estimate of drug-likeness (QED) is 0.618. The number of hydrogen-bond donors (Lipinski definition) is 1. The van der Waals surface area contributed by atoms with Gasteiger partial charge in [-0.25, -0.2) is 0 Å². The van der Waals surface area contributed by atoms with Crippen molar-refractivity contribution < 1.29 is 4.68 Å². The molecule has 3 nitrogen and oxygen atoms in total. The van der Waals surface area contributed by atoms with Gasteiger partial charge in [-0.2, -0.15) is 0 Å². The molecule has 2 aromatic carbocycles. The van der Waals surface area contributed by atoms with Crippen LogP contribution in [0.4, 0.5) is 0 Å². The minimum absolute atomic E-state index is 0.137. The first-order chi connectivity index (χ1) is 11.7. The van der Waals surface area contributed by atoms with Crippen LogP contribution in [0.3, 0.4) is 0 Å². The zero-order valence-corrected chi connectivity index (χ0v) is 15.0. The van der Waals surface area contributed by atoms with Gasteiger partial charge < -0.3 is 0 Å². The molecule has 1 aliphatic heterocycles. The Labute approximate surface area is 151 Å². The van der Waals surface area contributed by atoms with Gasteiger partial charge in [-0.3, -0.25) is 5.73 Å². The van der Waals surface area contributed by atoms with Crippen molar-refractivity contribution in [3.8, 4) is 0 Å². The lowest BCUT2D eigenvalue weighted by atomic mass is 9.77. The third-order valence-corrected chi connectivity index (χ3v) is 5.73. The van der Waals surface area contributed by atoms with Gasteiger partial charge in [-0.1, -0.05) is 53.1 Å². The molecule has 0 saturated carbocycles. The van der Waals surface area contributed by atoms with Gasteiger partial charge in [0.2, 0.25) is 0 Å². The third-order valence-electron chi connectivity index (χ3n) is 4.88. The SMILES string of the molecule is CS/C(N)=[N+]1/N=C2c3ccccc3CC[C@H]2[C@H]1c1ccc(Cl)cc1. The first-order valence-electron chi connectivity index (χ1n) is 8.07. The van der Waals surface area contributed by atoms with Crippen molar-refractivity contribution in [2.75, 3.05) is 6.26 Å². The molecular formula is C19H19ClN3S+. The van der Waals surface area contributed by atoms with Crippen LogP contribution in [0.5, 0.6) is 0 Å². The van der Waals surface area contributed by atoms with E-state index in [0.717, 1.165) is 28.7 Å². The monoisotopic (exact) mass is 356 g/mol. The molecule has 0 saturated heterocycles. The van der Waals surface area contributed by atoms with Gasteiger partial charge in [0, 0.05) is 10.6 Å². The van der Waals surface area contributed by atoms with Crippen LogP contribution in [0.1, 0.15) is 29.2 Å². The summed E-state index contributed by atoms with van der Waals surface area (Å²) in [5.74, 6) is 0.353. The van der Waals surface area contributed by atoms with Crippen LogP contribution in [0, 0.1) is 5.92 Å². The highest BCUT2D eigenvalue weighted by atomic mass is 35.5. The van der Waals surface area contributed by atoms with Crippen LogP contribution in [0.25, 0.3) is 0 Å². The Kier molecular flexibility index (Phi) is 4.10. The topological polar surface area (TPSA) is 41.4 Å². The predicted octanol–water partition coefficient (Wildman–Crippen LogP) is 4.05. The van der Waals surface area contributed by atoms with E-state index in [9.17, 15) is 0 Å². The second kappa shape index (κ2) is 6.26. The Morgan fingerprint density at radius 1 is 1.21 bits per heavy atom. The Morgan fingerprint density at radius 3 is 2.71 bits per heavy atom. The molecule has 0 aromatic heterocycles. The standard InChI is InChI=1S/C19H18ClN3S/c1-24-19(21)23-18(13-6-9-14(20)10-7-13)16-11-8-12-4-2-3-5-15(12)17(16)22-23/h2-7,9-10,16,18,21H,8,11H2,1H3/p+1/t16-,18-/m1/s1. The number of nitrogens with zero attached hydrogens (tertiary/aromatic N) is 2. The number of fused-ring (bicyclic) bond motifs is 3. The van der Waals surface area contributed by atoms with Crippen LogP contribution in [-0.4, -0.2) is 21.8 Å². The number of aryl methyl sites for hydroxylation is 1.